The van der Waals surface area contributed by atoms with Gasteiger partial charge in [0.2, 0.25) is 0 Å². The first-order chi connectivity index (χ1) is 8.84. The SMILES string of the molecule is CCC(C)(C)C(=O)OC1CCC2(C#N)CC1OC2=O. The molecule has 0 N–H and O–H groups in total. The van der Waals surface area contributed by atoms with Crippen molar-refractivity contribution in [2.75, 3.05) is 0 Å². The highest BCUT2D eigenvalue weighted by Gasteiger charge is 2.56. The van der Waals surface area contributed by atoms with Crippen LogP contribution in [0, 0.1) is 22.2 Å². The Labute approximate surface area is 112 Å². The number of nitrogens with zero attached hydrogens (tertiary/aromatic N) is 1. The van der Waals surface area contributed by atoms with Crippen molar-refractivity contribution in [2.24, 2.45) is 10.8 Å². The van der Waals surface area contributed by atoms with Crippen LogP contribution < -0.4 is 0 Å². The Morgan fingerprint density at radius 3 is 2.89 bits per heavy atom. The van der Waals surface area contributed by atoms with Crippen molar-refractivity contribution in [1.29, 1.82) is 5.26 Å². The lowest BCUT2D eigenvalue weighted by atomic mass is 9.75. The first kappa shape index (κ1) is 13.9. The number of carbonyl (C=O) groups excluding carboxylic acids is 2. The summed E-state index contributed by atoms with van der Waals surface area (Å²) in [6.45, 7) is 5.59. The van der Waals surface area contributed by atoms with Crippen LogP contribution in [0.1, 0.15) is 46.5 Å². The Morgan fingerprint density at radius 1 is 1.63 bits per heavy atom. The Bertz CT molecular complexity index is 451. The van der Waals surface area contributed by atoms with E-state index < -0.39 is 29.0 Å². The van der Waals surface area contributed by atoms with Gasteiger partial charge in [0.25, 0.3) is 0 Å². The molecule has 0 amide bonds. The summed E-state index contributed by atoms with van der Waals surface area (Å²) in [6, 6.07) is 2.06. The van der Waals surface area contributed by atoms with E-state index in [1.165, 1.54) is 0 Å². The molecule has 2 bridgehead atoms. The first-order valence-electron chi connectivity index (χ1n) is 6.68. The van der Waals surface area contributed by atoms with Gasteiger partial charge in [-0.05, 0) is 33.1 Å². The second-order valence-electron chi connectivity index (χ2n) is 6.06. The molecule has 104 valence electrons. The first-order valence-corrected chi connectivity index (χ1v) is 6.68. The van der Waals surface area contributed by atoms with E-state index in [-0.39, 0.29) is 5.97 Å². The Kier molecular flexibility index (Phi) is 3.29. The molecule has 0 aromatic carbocycles. The standard InChI is InChI=1S/C14H19NO4/c1-4-13(2,3)11(16)18-9-5-6-14(8-15)7-10(9)19-12(14)17/h9-10H,4-7H2,1-3H3. The summed E-state index contributed by atoms with van der Waals surface area (Å²) in [4.78, 5) is 23.8. The molecule has 3 unspecified atom stereocenters. The van der Waals surface area contributed by atoms with Gasteiger partial charge < -0.3 is 9.47 Å². The number of hydrogen-bond donors (Lipinski definition) is 0. The topological polar surface area (TPSA) is 76.4 Å². The van der Waals surface area contributed by atoms with E-state index in [4.69, 9.17) is 14.7 Å². The summed E-state index contributed by atoms with van der Waals surface area (Å²) in [6.07, 6.45) is 1.07. The minimum absolute atomic E-state index is 0.271. The van der Waals surface area contributed by atoms with E-state index >= 15 is 0 Å². The third kappa shape index (κ3) is 2.20. The molecule has 1 heterocycles. The monoisotopic (exact) mass is 265 g/mol. The van der Waals surface area contributed by atoms with Gasteiger partial charge in [-0.3, -0.25) is 9.59 Å². The van der Waals surface area contributed by atoms with Crippen LogP contribution in [0.4, 0.5) is 0 Å². The van der Waals surface area contributed by atoms with Crippen molar-refractivity contribution in [3.05, 3.63) is 0 Å². The Hall–Kier alpha value is -1.57. The predicted molar refractivity (Wildman–Crippen MR) is 65.7 cm³/mol. The molecule has 2 fully saturated rings. The lowest BCUT2D eigenvalue weighted by molar-refractivity contribution is -0.169. The summed E-state index contributed by atoms with van der Waals surface area (Å²) in [5.41, 5.74) is -1.54. The van der Waals surface area contributed by atoms with E-state index in [1.54, 1.807) is 0 Å². The number of rotatable bonds is 3. The fraction of sp³-hybridized carbons (Fsp3) is 0.786. The third-order valence-corrected chi connectivity index (χ3v) is 4.38. The van der Waals surface area contributed by atoms with Gasteiger partial charge in [0.05, 0.1) is 11.5 Å². The van der Waals surface area contributed by atoms with Crippen LogP contribution in [0.15, 0.2) is 0 Å². The highest BCUT2D eigenvalue weighted by Crippen LogP contribution is 2.45. The molecule has 0 aromatic rings. The molecule has 1 aliphatic heterocycles. The van der Waals surface area contributed by atoms with E-state index in [0.29, 0.717) is 25.7 Å². The average molecular weight is 265 g/mol. The van der Waals surface area contributed by atoms with Crippen LogP contribution in [0.2, 0.25) is 0 Å². The van der Waals surface area contributed by atoms with Crippen molar-refractivity contribution >= 4 is 11.9 Å². The van der Waals surface area contributed by atoms with Gasteiger partial charge in [-0.1, -0.05) is 6.92 Å². The molecule has 2 aliphatic rings. The number of hydrogen-bond acceptors (Lipinski definition) is 5. The maximum Gasteiger partial charge on any atom is 0.327 e. The lowest BCUT2D eigenvalue weighted by Gasteiger charge is -2.31. The van der Waals surface area contributed by atoms with Gasteiger partial charge in [-0.15, -0.1) is 0 Å². The second kappa shape index (κ2) is 4.52. The normalized spacial score (nSPS) is 33.5. The molecule has 0 radical (unpaired) electrons. The molecule has 1 saturated carbocycles. The number of ether oxygens (including phenoxy) is 2. The van der Waals surface area contributed by atoms with Gasteiger partial charge in [0.15, 0.2) is 5.41 Å². The minimum Gasteiger partial charge on any atom is -0.458 e. The molecule has 1 aliphatic carbocycles. The zero-order chi connectivity index (χ0) is 14.3. The van der Waals surface area contributed by atoms with Gasteiger partial charge in [0.1, 0.15) is 12.2 Å². The molecule has 1 saturated heterocycles. The number of esters is 2. The third-order valence-electron chi connectivity index (χ3n) is 4.38. The minimum atomic E-state index is -1.01. The highest BCUT2D eigenvalue weighted by atomic mass is 16.6. The molecule has 2 rings (SSSR count). The van der Waals surface area contributed by atoms with Crippen LogP contribution in [0.25, 0.3) is 0 Å². The molecule has 19 heavy (non-hydrogen) atoms. The van der Waals surface area contributed by atoms with Gasteiger partial charge in [-0.2, -0.15) is 5.26 Å². The Morgan fingerprint density at radius 2 is 2.32 bits per heavy atom. The molecule has 3 atom stereocenters. The second-order valence-corrected chi connectivity index (χ2v) is 6.06. The van der Waals surface area contributed by atoms with E-state index in [2.05, 4.69) is 6.07 Å². The largest absolute Gasteiger partial charge is 0.458 e. The van der Waals surface area contributed by atoms with Crippen molar-refractivity contribution in [3.63, 3.8) is 0 Å². The van der Waals surface area contributed by atoms with Crippen LogP contribution in [0.5, 0.6) is 0 Å². The van der Waals surface area contributed by atoms with Crippen LogP contribution >= 0.6 is 0 Å². The van der Waals surface area contributed by atoms with Crippen LogP contribution in [-0.4, -0.2) is 24.1 Å². The van der Waals surface area contributed by atoms with Crippen molar-refractivity contribution in [3.8, 4) is 6.07 Å². The Balaban J connectivity index is 2.05. The molecular weight excluding hydrogens is 246 g/mol. The summed E-state index contributed by atoms with van der Waals surface area (Å²) >= 11 is 0. The summed E-state index contributed by atoms with van der Waals surface area (Å²) in [7, 11) is 0. The van der Waals surface area contributed by atoms with Gasteiger partial charge >= 0.3 is 11.9 Å². The molecular formula is C14H19NO4. The molecule has 0 spiro atoms. The zero-order valence-corrected chi connectivity index (χ0v) is 11.6. The maximum absolute atomic E-state index is 12.0. The van der Waals surface area contributed by atoms with Crippen molar-refractivity contribution < 1.29 is 19.1 Å². The number of fused-ring (bicyclic) bond motifs is 2. The molecule has 5 heteroatoms. The molecule has 5 nitrogen and oxygen atoms in total. The van der Waals surface area contributed by atoms with Crippen molar-refractivity contribution in [1.82, 2.24) is 0 Å². The van der Waals surface area contributed by atoms with E-state index in [1.807, 2.05) is 20.8 Å². The summed E-state index contributed by atoms with van der Waals surface area (Å²) < 4.78 is 10.7. The van der Waals surface area contributed by atoms with Gasteiger partial charge in [0, 0.05) is 6.42 Å². The van der Waals surface area contributed by atoms with E-state index in [0.717, 1.165) is 0 Å². The smallest absolute Gasteiger partial charge is 0.327 e. The highest BCUT2D eigenvalue weighted by molar-refractivity contribution is 5.83. The summed E-state index contributed by atoms with van der Waals surface area (Å²) in [5, 5.41) is 9.12. The van der Waals surface area contributed by atoms with Crippen LogP contribution in [-0.2, 0) is 19.1 Å². The zero-order valence-electron chi connectivity index (χ0n) is 11.6. The predicted octanol–water partition coefficient (Wildman–Crippen LogP) is 1.95. The number of nitriles is 1. The van der Waals surface area contributed by atoms with Gasteiger partial charge in [-0.25, -0.2) is 0 Å². The van der Waals surface area contributed by atoms with Crippen LogP contribution in [0.3, 0.4) is 0 Å². The maximum atomic E-state index is 12.0. The average Bonchev–Trinajstić information content (AvgIpc) is 2.66. The summed E-state index contributed by atoms with van der Waals surface area (Å²) in [5.74, 6) is -0.735. The quantitative estimate of drug-likeness (QED) is 0.729. The lowest BCUT2D eigenvalue weighted by Crippen LogP contribution is -2.39. The fourth-order valence-electron chi connectivity index (χ4n) is 2.43. The van der Waals surface area contributed by atoms with E-state index in [9.17, 15) is 9.59 Å². The number of carbonyl (C=O) groups is 2. The van der Waals surface area contributed by atoms with Crippen molar-refractivity contribution in [2.45, 2.75) is 58.7 Å². The fourth-order valence-corrected chi connectivity index (χ4v) is 2.43. The molecule has 0 aromatic heterocycles.